The third kappa shape index (κ3) is 2.05. The molecule has 4 aromatic carbocycles. The van der Waals surface area contributed by atoms with Crippen molar-refractivity contribution in [2.24, 2.45) is 0 Å². The Morgan fingerprint density at radius 1 is 0.724 bits per heavy atom. The molecule has 144 valence electrons. The Balaban J connectivity index is 1.73. The van der Waals surface area contributed by atoms with Crippen LogP contribution in [0.4, 0.5) is 0 Å². The molecule has 0 amide bonds. The van der Waals surface area contributed by atoms with E-state index in [-0.39, 0.29) is 0 Å². The summed E-state index contributed by atoms with van der Waals surface area (Å²) in [6, 6.07) is 25.7. The molecular formula is C26H23O2P. The summed E-state index contributed by atoms with van der Waals surface area (Å²) in [6.45, 7) is 2.23. The van der Waals surface area contributed by atoms with Gasteiger partial charge in [0.25, 0.3) is 0 Å². The molecule has 0 aliphatic carbocycles. The SMILES string of the molecule is CCCC/C=C/P12(Oc3cccc4cccc1c34)Oc1cccc3cccc2c13. The Labute approximate surface area is 170 Å². The second kappa shape index (κ2) is 5.84. The number of hydrogen-bond acceptors (Lipinski definition) is 2. The zero-order valence-corrected chi connectivity index (χ0v) is 17.4. The van der Waals surface area contributed by atoms with Crippen molar-refractivity contribution in [2.75, 3.05) is 0 Å². The molecule has 2 aliphatic heterocycles. The average Bonchev–Trinajstić information content (AvgIpc) is 3.20. The van der Waals surface area contributed by atoms with Gasteiger partial charge in [-0.1, -0.05) is 0 Å². The van der Waals surface area contributed by atoms with Gasteiger partial charge in [0, 0.05) is 0 Å². The van der Waals surface area contributed by atoms with Crippen molar-refractivity contribution < 1.29 is 9.05 Å². The van der Waals surface area contributed by atoms with Gasteiger partial charge in [-0.25, -0.2) is 0 Å². The quantitative estimate of drug-likeness (QED) is 0.277. The van der Waals surface area contributed by atoms with Crippen LogP contribution in [-0.2, 0) is 0 Å². The predicted octanol–water partition coefficient (Wildman–Crippen LogP) is 6.82. The van der Waals surface area contributed by atoms with Crippen LogP contribution in [0, 0.1) is 0 Å². The van der Waals surface area contributed by atoms with Gasteiger partial charge >= 0.3 is 171 Å². The van der Waals surface area contributed by atoms with Gasteiger partial charge in [0.1, 0.15) is 0 Å². The Morgan fingerprint density at radius 3 is 1.76 bits per heavy atom. The summed E-state index contributed by atoms with van der Waals surface area (Å²) in [5, 5.41) is 7.18. The van der Waals surface area contributed by atoms with E-state index in [1.807, 2.05) is 0 Å². The van der Waals surface area contributed by atoms with Crippen LogP contribution < -0.4 is 19.7 Å². The molecule has 0 radical (unpaired) electrons. The summed E-state index contributed by atoms with van der Waals surface area (Å²) in [5.74, 6) is 4.16. The van der Waals surface area contributed by atoms with Gasteiger partial charge in [-0.15, -0.1) is 0 Å². The molecule has 0 saturated heterocycles. The van der Waals surface area contributed by atoms with Crippen molar-refractivity contribution in [1.82, 2.24) is 0 Å². The van der Waals surface area contributed by atoms with Gasteiger partial charge < -0.3 is 0 Å². The third-order valence-corrected chi connectivity index (χ3v) is 10.7. The van der Waals surface area contributed by atoms with Gasteiger partial charge in [-0.2, -0.15) is 0 Å². The van der Waals surface area contributed by atoms with E-state index in [1.165, 1.54) is 38.6 Å². The van der Waals surface area contributed by atoms with E-state index in [1.54, 1.807) is 0 Å². The van der Waals surface area contributed by atoms with Gasteiger partial charge in [0.05, 0.1) is 0 Å². The van der Waals surface area contributed by atoms with Gasteiger partial charge in [-0.05, 0) is 0 Å². The maximum atomic E-state index is 7.03. The van der Waals surface area contributed by atoms with Crippen molar-refractivity contribution in [3.8, 4) is 11.5 Å². The molecule has 1 spiro atoms. The number of allylic oxidation sites excluding steroid dienone is 1. The van der Waals surface area contributed by atoms with Crippen LogP contribution in [0.25, 0.3) is 21.5 Å². The summed E-state index contributed by atoms with van der Waals surface area (Å²) in [6.07, 6.45) is 5.65. The molecule has 0 atom stereocenters. The van der Waals surface area contributed by atoms with Crippen molar-refractivity contribution in [3.05, 3.63) is 84.7 Å². The molecule has 3 heteroatoms. The first kappa shape index (κ1) is 17.1. The van der Waals surface area contributed by atoms with E-state index in [0.717, 1.165) is 24.3 Å². The first-order chi connectivity index (χ1) is 14.3. The fraction of sp³-hybridized carbons (Fsp3) is 0.154. The number of unbranched alkanes of at least 4 members (excludes halogenated alkanes) is 2. The molecule has 6 rings (SSSR count). The number of rotatable bonds is 4. The first-order valence-corrected chi connectivity index (χ1v) is 12.5. The summed E-state index contributed by atoms with van der Waals surface area (Å²) in [4.78, 5) is 0. The Kier molecular flexibility index (Phi) is 3.44. The van der Waals surface area contributed by atoms with Gasteiger partial charge in [-0.3, -0.25) is 0 Å². The number of fused-ring (bicyclic) bond motifs is 2. The fourth-order valence-electron chi connectivity index (χ4n) is 4.98. The van der Waals surface area contributed by atoms with Crippen LogP contribution in [0.3, 0.4) is 0 Å². The van der Waals surface area contributed by atoms with E-state index in [2.05, 4.69) is 91.6 Å². The molecule has 0 saturated carbocycles. The van der Waals surface area contributed by atoms with Crippen LogP contribution in [0.5, 0.6) is 11.5 Å². The van der Waals surface area contributed by atoms with Gasteiger partial charge in [0.2, 0.25) is 0 Å². The second-order valence-corrected chi connectivity index (χ2v) is 11.7. The summed E-state index contributed by atoms with van der Waals surface area (Å²) in [7, 11) is -3.47. The maximum absolute atomic E-state index is 7.03. The summed E-state index contributed by atoms with van der Waals surface area (Å²) in [5.41, 5.74) is 0. The summed E-state index contributed by atoms with van der Waals surface area (Å²) < 4.78 is 14.1. The third-order valence-electron chi connectivity index (χ3n) is 6.26. The van der Waals surface area contributed by atoms with E-state index in [0.29, 0.717) is 0 Å². The topological polar surface area (TPSA) is 18.5 Å². The molecule has 2 heterocycles. The predicted molar refractivity (Wildman–Crippen MR) is 124 cm³/mol. The van der Waals surface area contributed by atoms with Crippen molar-refractivity contribution >= 4 is 39.2 Å². The standard InChI is InChI=1S/C26H23O2P/c1-2-3-4-5-18-29(23-16-8-12-19-10-6-14-21(27-29)25(19)23)24-17-9-13-20-11-7-15-22(28-29)26(20)24/h5-18H,2-4H2,1H3/b18-5+. The Morgan fingerprint density at radius 2 is 1.24 bits per heavy atom. The summed E-state index contributed by atoms with van der Waals surface area (Å²) >= 11 is 0. The minimum atomic E-state index is -3.47. The second-order valence-electron chi connectivity index (χ2n) is 7.99. The minimum absolute atomic E-state index is 0.931. The monoisotopic (exact) mass is 398 g/mol. The van der Waals surface area contributed by atoms with Crippen molar-refractivity contribution in [2.45, 2.75) is 26.2 Å². The zero-order chi connectivity index (χ0) is 19.5. The number of hydrogen-bond donors (Lipinski definition) is 0. The Hall–Kier alpha value is -2.83. The van der Waals surface area contributed by atoms with E-state index >= 15 is 0 Å². The molecular weight excluding hydrogens is 375 g/mol. The molecule has 29 heavy (non-hydrogen) atoms. The molecule has 2 aliphatic rings. The number of benzene rings is 4. The van der Waals surface area contributed by atoms with E-state index in [4.69, 9.17) is 9.05 Å². The molecule has 2 nitrogen and oxygen atoms in total. The first-order valence-electron chi connectivity index (χ1n) is 10.4. The molecule has 0 aromatic heterocycles. The molecule has 0 bridgehead atoms. The Bertz CT molecular complexity index is 1220. The van der Waals surface area contributed by atoms with Crippen molar-refractivity contribution in [1.29, 1.82) is 0 Å². The van der Waals surface area contributed by atoms with Crippen LogP contribution in [0.2, 0.25) is 0 Å². The molecule has 0 unspecified atom stereocenters. The van der Waals surface area contributed by atoms with Gasteiger partial charge in [0.15, 0.2) is 0 Å². The molecule has 0 N–H and O–H groups in total. The van der Waals surface area contributed by atoms with E-state index < -0.39 is 7.06 Å². The van der Waals surface area contributed by atoms with Crippen LogP contribution in [0.1, 0.15) is 26.2 Å². The zero-order valence-electron chi connectivity index (χ0n) is 16.5. The molecule has 4 aromatic rings. The van der Waals surface area contributed by atoms with Crippen molar-refractivity contribution in [3.63, 3.8) is 0 Å². The molecule has 0 fully saturated rings. The fourth-order valence-corrected chi connectivity index (χ4v) is 9.79. The van der Waals surface area contributed by atoms with Crippen LogP contribution >= 0.6 is 7.06 Å². The van der Waals surface area contributed by atoms with E-state index in [9.17, 15) is 0 Å². The van der Waals surface area contributed by atoms with Crippen LogP contribution in [0.15, 0.2) is 84.7 Å². The average molecular weight is 398 g/mol. The van der Waals surface area contributed by atoms with Crippen LogP contribution in [-0.4, -0.2) is 0 Å². The normalized spacial score (nSPS) is 18.7.